The number of hydrogen-bond donors (Lipinski definition) is 7. The van der Waals surface area contributed by atoms with Gasteiger partial charge < -0.3 is 51.2 Å². The van der Waals surface area contributed by atoms with Gasteiger partial charge in [0.25, 0.3) is 0 Å². The highest BCUT2D eigenvalue weighted by atomic mass is 16.5. The van der Waals surface area contributed by atoms with Gasteiger partial charge >= 0.3 is 12.1 Å². The standard InChI is InChI=1S/C49H64N6O11/c1-48(2,3)65-28-39-44(59)51-37(46(61)62)22-14-15-25-50-41(56)24-23-36(55-47(63)64-27-35-33-20-12-10-18-31(33)32-19-11-13-21-34(32)35)42(57)53-40(29-66-49(4,5)6)45(60)52-38(43(58)54-39)26-30-16-8-7-9-17-30/h7-13,16-21,35-40H,14-15,22-29H2,1-6H3,(H,50,56)(H,51,59)(H,52,60)(H,53,57)(H,54,58)(H,55,63)(H,61,62)/t36-,37-,38-,39-,40?/m0/s1. The predicted molar refractivity (Wildman–Crippen MR) is 245 cm³/mol. The maximum Gasteiger partial charge on any atom is 0.407 e. The fourth-order valence-electron chi connectivity index (χ4n) is 7.55. The molecule has 17 heteroatoms. The van der Waals surface area contributed by atoms with Crippen molar-refractivity contribution in [1.82, 2.24) is 31.9 Å². The zero-order valence-electron chi connectivity index (χ0n) is 38.6. The third-order valence-electron chi connectivity index (χ3n) is 11.0. The Balaban J connectivity index is 1.43. The van der Waals surface area contributed by atoms with Gasteiger partial charge in [-0.1, -0.05) is 78.9 Å². The van der Waals surface area contributed by atoms with Crippen LogP contribution in [-0.2, 0) is 49.4 Å². The molecule has 5 rings (SSSR count). The molecule has 0 saturated carbocycles. The number of ether oxygens (including phenoxy) is 3. The lowest BCUT2D eigenvalue weighted by molar-refractivity contribution is -0.143. The highest BCUT2D eigenvalue weighted by molar-refractivity contribution is 5.96. The first-order chi connectivity index (χ1) is 31.3. The smallest absolute Gasteiger partial charge is 0.407 e. The van der Waals surface area contributed by atoms with Crippen LogP contribution in [0.1, 0.15) is 96.3 Å². The Morgan fingerprint density at radius 1 is 0.636 bits per heavy atom. The van der Waals surface area contributed by atoms with Crippen LogP contribution < -0.4 is 31.9 Å². The van der Waals surface area contributed by atoms with Crippen LogP contribution in [0.5, 0.6) is 0 Å². The van der Waals surface area contributed by atoms with E-state index in [0.29, 0.717) is 18.4 Å². The van der Waals surface area contributed by atoms with Crippen molar-refractivity contribution in [2.75, 3.05) is 26.4 Å². The minimum Gasteiger partial charge on any atom is -0.480 e. The number of rotatable bonds is 10. The summed E-state index contributed by atoms with van der Waals surface area (Å²) < 4.78 is 17.6. The molecule has 356 valence electrons. The summed E-state index contributed by atoms with van der Waals surface area (Å²) >= 11 is 0. The average molecular weight is 913 g/mol. The number of carbonyl (C=O) groups is 7. The van der Waals surface area contributed by atoms with Gasteiger partial charge in [0.1, 0.15) is 36.8 Å². The summed E-state index contributed by atoms with van der Waals surface area (Å²) in [7, 11) is 0. The molecule has 1 heterocycles. The number of carbonyl (C=O) groups excluding carboxylic acids is 6. The molecule has 2 aliphatic rings. The van der Waals surface area contributed by atoms with Crippen molar-refractivity contribution >= 4 is 41.6 Å². The maximum absolute atomic E-state index is 14.4. The summed E-state index contributed by atoms with van der Waals surface area (Å²) in [5, 5.41) is 26.0. The highest BCUT2D eigenvalue weighted by Gasteiger charge is 2.35. The van der Waals surface area contributed by atoms with Gasteiger partial charge in [0.05, 0.1) is 24.4 Å². The first-order valence-electron chi connectivity index (χ1n) is 22.4. The van der Waals surface area contributed by atoms with E-state index >= 15 is 0 Å². The maximum atomic E-state index is 14.4. The summed E-state index contributed by atoms with van der Waals surface area (Å²) in [6.07, 6.45) is -0.727. The number of carboxylic acid groups (broad SMARTS) is 1. The third kappa shape index (κ3) is 15.4. The topological polar surface area (TPSA) is 240 Å². The Kier molecular flexibility index (Phi) is 17.8. The van der Waals surface area contributed by atoms with Crippen LogP contribution in [0.2, 0.25) is 0 Å². The summed E-state index contributed by atoms with van der Waals surface area (Å²) in [5.41, 5.74) is 3.15. The van der Waals surface area contributed by atoms with Gasteiger partial charge in [-0.3, -0.25) is 24.0 Å². The van der Waals surface area contributed by atoms with Crippen LogP contribution in [0, 0.1) is 0 Å². The van der Waals surface area contributed by atoms with Crippen LogP contribution in [0.3, 0.4) is 0 Å². The second-order valence-electron chi connectivity index (χ2n) is 18.5. The van der Waals surface area contributed by atoms with Gasteiger partial charge in [-0.2, -0.15) is 0 Å². The van der Waals surface area contributed by atoms with Crippen LogP contribution >= 0.6 is 0 Å². The van der Waals surface area contributed by atoms with Crippen LogP contribution in [-0.4, -0.2) is 114 Å². The molecule has 1 fully saturated rings. The molecule has 0 aromatic heterocycles. The number of aliphatic carboxylic acids is 1. The lowest BCUT2D eigenvalue weighted by Crippen LogP contribution is -2.61. The summed E-state index contributed by atoms with van der Waals surface area (Å²) in [4.78, 5) is 95.6. The van der Waals surface area contributed by atoms with Crippen molar-refractivity contribution in [3.05, 3.63) is 95.6 Å². The quantitative estimate of drug-likeness (QED) is 0.154. The molecule has 6 amide bonds. The van der Waals surface area contributed by atoms with Gasteiger partial charge in [0.2, 0.25) is 29.5 Å². The molecule has 1 aliphatic heterocycles. The Bertz CT molecular complexity index is 2140. The lowest BCUT2D eigenvalue weighted by atomic mass is 9.98. The van der Waals surface area contributed by atoms with E-state index in [1.165, 1.54) is 0 Å². The number of alkyl carbamates (subject to hydrolysis) is 1. The van der Waals surface area contributed by atoms with E-state index < -0.39 is 83.0 Å². The van der Waals surface area contributed by atoms with E-state index in [0.717, 1.165) is 22.3 Å². The van der Waals surface area contributed by atoms with E-state index in [1.807, 2.05) is 48.5 Å². The molecule has 17 nitrogen and oxygen atoms in total. The summed E-state index contributed by atoms with van der Waals surface area (Å²) in [5.74, 6) is -5.26. The molecular formula is C49H64N6O11. The van der Waals surface area contributed by atoms with Crippen LogP contribution in [0.25, 0.3) is 11.1 Å². The zero-order chi connectivity index (χ0) is 48.0. The second kappa shape index (κ2) is 23.2. The number of nitrogens with one attached hydrogen (secondary N) is 6. The van der Waals surface area contributed by atoms with Gasteiger partial charge in [-0.05, 0) is 95.0 Å². The number of carboxylic acids is 1. The summed E-state index contributed by atoms with van der Waals surface area (Å²) in [6.45, 7) is 9.95. The first-order valence-corrected chi connectivity index (χ1v) is 22.4. The molecular weight excluding hydrogens is 849 g/mol. The Morgan fingerprint density at radius 3 is 1.73 bits per heavy atom. The molecule has 0 radical (unpaired) electrons. The first kappa shape index (κ1) is 50.7. The largest absolute Gasteiger partial charge is 0.480 e. The number of hydrogen-bond acceptors (Lipinski definition) is 10. The molecule has 0 spiro atoms. The Hall–Kier alpha value is -6.33. The van der Waals surface area contributed by atoms with Crippen molar-refractivity contribution in [1.29, 1.82) is 0 Å². The van der Waals surface area contributed by atoms with Crippen molar-refractivity contribution in [3.8, 4) is 11.1 Å². The van der Waals surface area contributed by atoms with Crippen LogP contribution in [0.15, 0.2) is 78.9 Å². The highest BCUT2D eigenvalue weighted by Crippen LogP contribution is 2.44. The molecule has 3 aromatic rings. The normalized spacial score (nSPS) is 21.9. The Morgan fingerprint density at radius 2 is 1.15 bits per heavy atom. The SMILES string of the molecule is CC(C)(C)OCC1NC(=O)[C@@H](NC(=O)OCC2c3ccccc3-c3ccccc32)CCC(=O)NCCCC[C@@H](C(=O)O)NC(=O)[C@H](COC(C)(C)C)NC(=O)[C@H](Cc2ccccc2)NC1=O. The summed E-state index contributed by atoms with van der Waals surface area (Å²) in [6, 6.07) is 17.6. The molecule has 1 aliphatic carbocycles. The van der Waals surface area contributed by atoms with Crippen molar-refractivity contribution in [2.24, 2.45) is 0 Å². The molecule has 0 bridgehead atoms. The van der Waals surface area contributed by atoms with Crippen molar-refractivity contribution in [2.45, 2.75) is 127 Å². The monoisotopic (exact) mass is 912 g/mol. The molecule has 7 N–H and O–H groups in total. The van der Waals surface area contributed by atoms with E-state index in [1.54, 1.807) is 71.9 Å². The van der Waals surface area contributed by atoms with Gasteiger partial charge in [0.15, 0.2) is 0 Å². The molecule has 1 unspecified atom stereocenters. The molecule has 1 saturated heterocycles. The number of amides is 6. The van der Waals surface area contributed by atoms with Gasteiger partial charge in [-0.15, -0.1) is 0 Å². The Labute approximate surface area is 385 Å². The van der Waals surface area contributed by atoms with E-state index in [9.17, 15) is 38.7 Å². The van der Waals surface area contributed by atoms with Gasteiger partial charge in [0, 0.05) is 25.3 Å². The lowest BCUT2D eigenvalue weighted by Gasteiger charge is -2.29. The third-order valence-corrected chi connectivity index (χ3v) is 11.0. The van der Waals surface area contributed by atoms with E-state index in [-0.39, 0.29) is 58.0 Å². The number of fused-ring (bicyclic) bond motifs is 3. The average Bonchev–Trinajstić information content (AvgIpc) is 3.58. The molecule has 3 aromatic carbocycles. The minimum atomic E-state index is -1.43. The van der Waals surface area contributed by atoms with Crippen LogP contribution in [0.4, 0.5) is 4.79 Å². The molecule has 66 heavy (non-hydrogen) atoms. The fourth-order valence-corrected chi connectivity index (χ4v) is 7.55. The predicted octanol–water partition coefficient (Wildman–Crippen LogP) is 3.87. The zero-order valence-corrected chi connectivity index (χ0v) is 38.6. The second-order valence-corrected chi connectivity index (χ2v) is 18.5. The minimum absolute atomic E-state index is 0.00869. The van der Waals surface area contributed by atoms with Crippen molar-refractivity contribution < 1.29 is 52.9 Å². The van der Waals surface area contributed by atoms with E-state index in [4.69, 9.17) is 14.2 Å². The van der Waals surface area contributed by atoms with E-state index in [2.05, 4.69) is 31.9 Å². The van der Waals surface area contributed by atoms with Gasteiger partial charge in [-0.25, -0.2) is 9.59 Å². The molecule has 5 atom stereocenters. The fraction of sp³-hybridized carbons (Fsp3) is 0.490. The number of benzene rings is 3. The van der Waals surface area contributed by atoms with Crippen molar-refractivity contribution in [3.63, 3.8) is 0 Å².